The first-order valence-electron chi connectivity index (χ1n) is 6.22. The van der Waals surface area contributed by atoms with Crippen molar-refractivity contribution in [2.24, 2.45) is 0 Å². The van der Waals surface area contributed by atoms with E-state index < -0.39 is 0 Å². The van der Waals surface area contributed by atoms with Crippen LogP contribution in [0.1, 0.15) is 32.1 Å². The Labute approximate surface area is 120 Å². The van der Waals surface area contributed by atoms with Gasteiger partial charge in [-0.15, -0.1) is 11.3 Å². The summed E-state index contributed by atoms with van der Waals surface area (Å²) in [5.41, 5.74) is 1.86. The van der Waals surface area contributed by atoms with Crippen molar-refractivity contribution in [1.82, 2.24) is 0 Å². The van der Waals surface area contributed by atoms with E-state index in [1.54, 1.807) is 11.3 Å². The molecule has 19 heavy (non-hydrogen) atoms. The quantitative estimate of drug-likeness (QED) is 0.764. The van der Waals surface area contributed by atoms with Crippen LogP contribution in [0.4, 0.5) is 4.39 Å². The fourth-order valence-corrected chi connectivity index (χ4v) is 3.78. The monoisotopic (exact) mass is 294 g/mol. The van der Waals surface area contributed by atoms with Gasteiger partial charge in [-0.2, -0.15) is 0 Å². The van der Waals surface area contributed by atoms with E-state index in [1.807, 2.05) is 6.07 Å². The summed E-state index contributed by atoms with van der Waals surface area (Å²) in [4.78, 5) is 14.3. The largest absolute Gasteiger partial charge is 0.293 e. The fraction of sp³-hybridized carbons (Fsp3) is 0.267. The molecule has 0 radical (unpaired) electrons. The minimum absolute atomic E-state index is 0.0203. The van der Waals surface area contributed by atoms with Gasteiger partial charge in [-0.25, -0.2) is 4.39 Å². The lowest BCUT2D eigenvalue weighted by molar-refractivity contribution is 0.0996. The Kier molecular flexibility index (Phi) is 3.42. The molecule has 0 aliphatic heterocycles. The van der Waals surface area contributed by atoms with Crippen molar-refractivity contribution in [3.8, 4) is 0 Å². The molecule has 0 atom stereocenters. The average molecular weight is 295 g/mol. The number of thiophene rings is 1. The van der Waals surface area contributed by atoms with Gasteiger partial charge in [0.1, 0.15) is 5.82 Å². The molecule has 1 aliphatic rings. The first-order valence-corrected chi connectivity index (χ1v) is 7.41. The topological polar surface area (TPSA) is 17.1 Å². The smallest absolute Gasteiger partial charge is 0.177 e. The van der Waals surface area contributed by atoms with E-state index >= 15 is 0 Å². The zero-order valence-electron chi connectivity index (χ0n) is 10.2. The number of carbonyl (C=O) groups excluding carboxylic acids is 1. The molecule has 1 nitrogen and oxygen atoms in total. The van der Waals surface area contributed by atoms with Gasteiger partial charge in [0, 0.05) is 16.3 Å². The van der Waals surface area contributed by atoms with Gasteiger partial charge in [0.15, 0.2) is 5.78 Å². The van der Waals surface area contributed by atoms with Crippen LogP contribution in [0.25, 0.3) is 0 Å². The number of Topliss-reactive ketones (excluding diaryl/α,β-unsaturated/α-hetero) is 1. The Morgan fingerprint density at radius 3 is 2.95 bits per heavy atom. The molecular formula is C15H12ClFOS. The van der Waals surface area contributed by atoms with Crippen LogP contribution in [0.15, 0.2) is 24.3 Å². The van der Waals surface area contributed by atoms with E-state index in [9.17, 15) is 9.18 Å². The van der Waals surface area contributed by atoms with Crippen LogP contribution in [0.3, 0.4) is 0 Å². The molecule has 0 amide bonds. The molecule has 1 heterocycles. The molecule has 0 fully saturated rings. The lowest BCUT2D eigenvalue weighted by Gasteiger charge is -2.02. The normalized spacial score (nSPS) is 13.6. The fourth-order valence-electron chi connectivity index (χ4n) is 2.41. The summed E-state index contributed by atoms with van der Waals surface area (Å²) in [7, 11) is 0. The predicted octanol–water partition coefficient (Wildman–Crippen LogP) is 4.45. The van der Waals surface area contributed by atoms with E-state index in [4.69, 9.17) is 11.6 Å². The number of rotatable bonds is 3. The van der Waals surface area contributed by atoms with Crippen molar-refractivity contribution in [2.75, 3.05) is 0 Å². The summed E-state index contributed by atoms with van der Waals surface area (Å²) in [5.74, 6) is -0.340. The lowest BCUT2D eigenvalue weighted by atomic mass is 10.1. The molecule has 0 N–H and O–H groups in total. The van der Waals surface area contributed by atoms with E-state index in [-0.39, 0.29) is 18.0 Å². The highest BCUT2D eigenvalue weighted by Gasteiger charge is 2.19. The molecule has 2 aromatic rings. The maximum atomic E-state index is 13.2. The number of hydrogen-bond acceptors (Lipinski definition) is 2. The number of carbonyl (C=O) groups is 1. The second-order valence-corrected chi connectivity index (χ2v) is 6.29. The van der Waals surface area contributed by atoms with Crippen molar-refractivity contribution >= 4 is 28.7 Å². The number of fused-ring (bicyclic) bond motifs is 1. The van der Waals surface area contributed by atoms with Gasteiger partial charge in [-0.1, -0.05) is 11.6 Å². The SMILES string of the molecule is O=C(Cc1cc(F)ccc1Cl)c1cc2c(s1)CCC2. The second kappa shape index (κ2) is 5.06. The third kappa shape index (κ3) is 2.58. The van der Waals surface area contributed by atoms with Gasteiger partial charge in [-0.05, 0) is 54.7 Å². The van der Waals surface area contributed by atoms with E-state index in [0.717, 1.165) is 17.7 Å². The zero-order chi connectivity index (χ0) is 13.4. The van der Waals surface area contributed by atoms with E-state index in [1.165, 1.54) is 35.1 Å². The minimum atomic E-state index is -0.360. The maximum Gasteiger partial charge on any atom is 0.177 e. The molecule has 0 bridgehead atoms. The van der Waals surface area contributed by atoms with Gasteiger partial charge in [-0.3, -0.25) is 4.79 Å². The molecular weight excluding hydrogens is 283 g/mol. The highest BCUT2D eigenvalue weighted by atomic mass is 35.5. The van der Waals surface area contributed by atoms with Gasteiger partial charge in [0.05, 0.1) is 4.88 Å². The Morgan fingerprint density at radius 1 is 1.32 bits per heavy atom. The molecule has 3 rings (SSSR count). The van der Waals surface area contributed by atoms with Crippen LogP contribution in [0.5, 0.6) is 0 Å². The Morgan fingerprint density at radius 2 is 2.16 bits per heavy atom. The molecule has 1 aliphatic carbocycles. The van der Waals surface area contributed by atoms with Crippen molar-refractivity contribution < 1.29 is 9.18 Å². The van der Waals surface area contributed by atoms with Gasteiger partial charge in [0.2, 0.25) is 0 Å². The summed E-state index contributed by atoms with van der Waals surface area (Å²) < 4.78 is 13.2. The molecule has 0 saturated heterocycles. The van der Waals surface area contributed by atoms with E-state index in [2.05, 4.69) is 0 Å². The third-order valence-electron chi connectivity index (χ3n) is 3.38. The van der Waals surface area contributed by atoms with Crippen molar-refractivity contribution in [3.05, 3.63) is 56.0 Å². The first-order chi connectivity index (χ1) is 9.13. The molecule has 4 heteroatoms. The van der Waals surface area contributed by atoms with Crippen molar-refractivity contribution in [1.29, 1.82) is 0 Å². The van der Waals surface area contributed by atoms with Gasteiger partial charge < -0.3 is 0 Å². The number of hydrogen-bond donors (Lipinski definition) is 0. The lowest BCUT2D eigenvalue weighted by Crippen LogP contribution is -2.02. The minimum Gasteiger partial charge on any atom is -0.293 e. The second-order valence-electron chi connectivity index (χ2n) is 4.75. The highest BCUT2D eigenvalue weighted by Crippen LogP contribution is 2.31. The first kappa shape index (κ1) is 12.8. The number of halogens is 2. The van der Waals surface area contributed by atoms with Crippen LogP contribution in [-0.4, -0.2) is 5.78 Å². The number of aryl methyl sites for hydroxylation is 2. The van der Waals surface area contributed by atoms with Crippen molar-refractivity contribution in [2.45, 2.75) is 25.7 Å². The van der Waals surface area contributed by atoms with Crippen LogP contribution < -0.4 is 0 Å². The Balaban J connectivity index is 1.82. The number of benzene rings is 1. The summed E-state index contributed by atoms with van der Waals surface area (Å²) in [5, 5.41) is 0.443. The predicted molar refractivity (Wildman–Crippen MR) is 75.8 cm³/mol. The molecule has 98 valence electrons. The van der Waals surface area contributed by atoms with Gasteiger partial charge >= 0.3 is 0 Å². The van der Waals surface area contributed by atoms with Crippen LogP contribution in [-0.2, 0) is 19.3 Å². The van der Waals surface area contributed by atoms with Gasteiger partial charge in [0.25, 0.3) is 0 Å². The van der Waals surface area contributed by atoms with E-state index in [0.29, 0.717) is 10.6 Å². The maximum absolute atomic E-state index is 13.2. The summed E-state index contributed by atoms with van der Waals surface area (Å²) in [6, 6.07) is 6.12. The summed E-state index contributed by atoms with van der Waals surface area (Å²) in [6.45, 7) is 0. The standard InChI is InChI=1S/C15H12ClFOS/c16-12-5-4-11(17)6-10(12)7-13(18)15-8-9-2-1-3-14(9)19-15/h4-6,8H,1-3,7H2. The highest BCUT2D eigenvalue weighted by molar-refractivity contribution is 7.14. The third-order valence-corrected chi connectivity index (χ3v) is 5.03. The Hall–Kier alpha value is -1.19. The molecule has 0 saturated carbocycles. The zero-order valence-corrected chi connectivity index (χ0v) is 11.8. The summed E-state index contributed by atoms with van der Waals surface area (Å²) in [6.07, 6.45) is 3.50. The van der Waals surface area contributed by atoms with Crippen molar-refractivity contribution in [3.63, 3.8) is 0 Å². The molecule has 0 spiro atoms. The molecule has 0 unspecified atom stereocenters. The van der Waals surface area contributed by atoms with Crippen LogP contribution in [0.2, 0.25) is 5.02 Å². The number of ketones is 1. The van der Waals surface area contributed by atoms with Crippen LogP contribution in [0, 0.1) is 5.82 Å². The van der Waals surface area contributed by atoms with Crippen LogP contribution >= 0.6 is 22.9 Å². The molecule has 1 aromatic heterocycles. The molecule has 1 aromatic carbocycles. The summed E-state index contributed by atoms with van der Waals surface area (Å²) >= 11 is 7.56. The Bertz CT molecular complexity index is 626. The average Bonchev–Trinajstić information content (AvgIpc) is 2.94.